The van der Waals surface area contributed by atoms with Gasteiger partial charge in [0.25, 0.3) is 5.69 Å². The van der Waals surface area contributed by atoms with Crippen LogP contribution in [0.1, 0.15) is 52.5 Å². The van der Waals surface area contributed by atoms with Crippen molar-refractivity contribution in [2.45, 2.75) is 57.7 Å². The second-order valence-electron chi connectivity index (χ2n) is 9.03. The van der Waals surface area contributed by atoms with Crippen LogP contribution >= 0.6 is 0 Å². The Morgan fingerprint density at radius 3 is 2.47 bits per heavy atom. The van der Waals surface area contributed by atoms with E-state index in [0.29, 0.717) is 37.4 Å². The third-order valence-corrected chi connectivity index (χ3v) is 5.49. The van der Waals surface area contributed by atoms with Gasteiger partial charge in [-0.2, -0.15) is 0 Å². The number of carbonyl (C=O) groups excluding carboxylic acids is 1. The number of alkyl carbamates (subject to hydrolysis) is 1. The zero-order valence-electron chi connectivity index (χ0n) is 18.7. The van der Waals surface area contributed by atoms with Crippen LogP contribution in [0.5, 0.6) is 0 Å². The predicted octanol–water partition coefficient (Wildman–Crippen LogP) is 3.06. The van der Waals surface area contributed by atoms with Crippen molar-refractivity contribution in [1.29, 1.82) is 0 Å². The Morgan fingerprint density at radius 1 is 1.31 bits per heavy atom. The van der Waals surface area contributed by atoms with E-state index in [1.165, 1.54) is 12.1 Å². The van der Waals surface area contributed by atoms with Gasteiger partial charge in [-0.1, -0.05) is 0 Å². The highest BCUT2D eigenvalue weighted by Crippen LogP contribution is 2.30. The number of aliphatic hydroxyl groups is 1. The summed E-state index contributed by atoms with van der Waals surface area (Å²) in [5.74, 6) is 0.713. The van der Waals surface area contributed by atoms with Crippen LogP contribution in [0, 0.1) is 10.1 Å². The van der Waals surface area contributed by atoms with Crippen molar-refractivity contribution in [3.63, 3.8) is 0 Å². The summed E-state index contributed by atoms with van der Waals surface area (Å²) in [7, 11) is 0. The number of piperidine rings is 1. The van der Waals surface area contributed by atoms with E-state index in [1.807, 2.05) is 6.92 Å². The van der Waals surface area contributed by atoms with Gasteiger partial charge in [-0.15, -0.1) is 10.2 Å². The molecule has 1 saturated heterocycles. The minimum atomic E-state index is -0.739. The maximum atomic E-state index is 12.2. The van der Waals surface area contributed by atoms with Crippen LogP contribution in [-0.2, 0) is 4.74 Å². The minimum Gasteiger partial charge on any atom is -0.444 e. The first kappa shape index (κ1) is 23.6. The van der Waals surface area contributed by atoms with E-state index in [2.05, 4.69) is 20.4 Å². The van der Waals surface area contributed by atoms with E-state index in [-0.39, 0.29) is 24.2 Å². The van der Waals surface area contributed by atoms with Gasteiger partial charge in [-0.3, -0.25) is 15.0 Å². The molecule has 1 aromatic carbocycles. The van der Waals surface area contributed by atoms with Gasteiger partial charge < -0.3 is 19.6 Å². The van der Waals surface area contributed by atoms with Crippen LogP contribution in [0.15, 0.2) is 28.7 Å². The number of carbonyl (C=O) groups is 1. The minimum absolute atomic E-state index is 0.0115. The SMILES string of the molecule is C[C@H](c1nnc(-c2ccc([N+](=O)[O-])cc2)o1)N1CCC(CO)(NC(=O)OC(C)(C)C)CC1. The molecule has 0 radical (unpaired) electrons. The van der Waals surface area contributed by atoms with E-state index in [9.17, 15) is 20.0 Å². The number of amides is 1. The number of nitrogens with one attached hydrogen (secondary N) is 1. The van der Waals surface area contributed by atoms with Crippen molar-refractivity contribution in [3.05, 3.63) is 40.3 Å². The summed E-state index contributed by atoms with van der Waals surface area (Å²) in [4.78, 5) is 24.7. The molecule has 0 spiro atoms. The van der Waals surface area contributed by atoms with Crippen molar-refractivity contribution >= 4 is 11.8 Å². The van der Waals surface area contributed by atoms with Crippen molar-refractivity contribution < 1.29 is 24.0 Å². The third kappa shape index (κ3) is 5.60. The van der Waals surface area contributed by atoms with Crippen molar-refractivity contribution in [2.75, 3.05) is 19.7 Å². The molecule has 2 aromatic rings. The number of benzene rings is 1. The van der Waals surface area contributed by atoms with Crippen molar-refractivity contribution in [1.82, 2.24) is 20.4 Å². The van der Waals surface area contributed by atoms with Crippen LogP contribution < -0.4 is 5.32 Å². The Labute approximate surface area is 185 Å². The largest absolute Gasteiger partial charge is 0.444 e. The molecule has 1 amide bonds. The summed E-state index contributed by atoms with van der Waals surface area (Å²) in [6.45, 7) is 8.34. The molecule has 0 unspecified atom stereocenters. The molecular weight excluding hydrogens is 418 g/mol. The number of hydrogen-bond donors (Lipinski definition) is 2. The first-order valence-electron chi connectivity index (χ1n) is 10.5. The highest BCUT2D eigenvalue weighted by molar-refractivity contribution is 5.68. The highest BCUT2D eigenvalue weighted by Gasteiger charge is 2.38. The molecule has 1 fully saturated rings. The van der Waals surface area contributed by atoms with Gasteiger partial charge in [0.2, 0.25) is 11.8 Å². The Hall–Kier alpha value is -3.05. The molecule has 11 heteroatoms. The van der Waals surface area contributed by atoms with Gasteiger partial charge in [0.15, 0.2) is 0 Å². The number of non-ortho nitro benzene ring substituents is 1. The van der Waals surface area contributed by atoms with Crippen LogP contribution in [-0.4, -0.2) is 62.1 Å². The monoisotopic (exact) mass is 447 g/mol. The molecule has 1 aromatic heterocycles. The Morgan fingerprint density at radius 2 is 1.94 bits per heavy atom. The van der Waals surface area contributed by atoms with E-state index in [0.717, 1.165) is 0 Å². The molecule has 174 valence electrons. The summed E-state index contributed by atoms with van der Waals surface area (Å²) in [6, 6.07) is 5.74. The quantitative estimate of drug-likeness (QED) is 0.504. The summed E-state index contributed by atoms with van der Waals surface area (Å²) < 4.78 is 11.1. The lowest BCUT2D eigenvalue weighted by atomic mass is 9.88. The van der Waals surface area contributed by atoms with Gasteiger partial charge in [-0.05, 0) is 52.7 Å². The van der Waals surface area contributed by atoms with E-state index in [1.54, 1.807) is 32.9 Å². The molecule has 2 heterocycles. The molecular formula is C21H29N5O6. The topological polar surface area (TPSA) is 144 Å². The van der Waals surface area contributed by atoms with Gasteiger partial charge in [0.05, 0.1) is 23.1 Å². The van der Waals surface area contributed by atoms with Gasteiger partial charge in [0, 0.05) is 30.8 Å². The molecule has 11 nitrogen and oxygen atoms in total. The molecule has 1 atom stereocenters. The maximum absolute atomic E-state index is 12.2. The normalized spacial score (nSPS) is 17.5. The maximum Gasteiger partial charge on any atom is 0.408 e. The third-order valence-electron chi connectivity index (χ3n) is 5.49. The number of nitrogens with zero attached hydrogens (tertiary/aromatic N) is 4. The average Bonchev–Trinajstić information content (AvgIpc) is 3.22. The Balaban J connectivity index is 1.62. The van der Waals surface area contributed by atoms with Gasteiger partial charge >= 0.3 is 6.09 Å². The molecule has 0 aliphatic carbocycles. The Kier molecular flexibility index (Phi) is 6.79. The van der Waals surface area contributed by atoms with Gasteiger partial charge in [-0.25, -0.2) is 4.79 Å². The summed E-state index contributed by atoms with van der Waals surface area (Å²) in [5.41, 5.74) is -0.768. The number of nitro groups is 1. The summed E-state index contributed by atoms with van der Waals surface area (Å²) in [6.07, 6.45) is 0.532. The average molecular weight is 447 g/mol. The molecule has 0 saturated carbocycles. The molecule has 32 heavy (non-hydrogen) atoms. The number of hydrogen-bond acceptors (Lipinski definition) is 9. The molecule has 2 N–H and O–H groups in total. The van der Waals surface area contributed by atoms with Crippen LogP contribution in [0.2, 0.25) is 0 Å². The number of ether oxygens (including phenoxy) is 1. The van der Waals surface area contributed by atoms with E-state index >= 15 is 0 Å². The van der Waals surface area contributed by atoms with Crippen LogP contribution in [0.3, 0.4) is 0 Å². The molecule has 1 aliphatic rings. The fourth-order valence-electron chi connectivity index (χ4n) is 3.58. The highest BCUT2D eigenvalue weighted by atomic mass is 16.6. The number of aromatic nitrogens is 2. The molecule has 1 aliphatic heterocycles. The Bertz CT molecular complexity index is 944. The fourth-order valence-corrected chi connectivity index (χ4v) is 3.58. The van der Waals surface area contributed by atoms with Crippen molar-refractivity contribution in [2.24, 2.45) is 0 Å². The zero-order valence-corrected chi connectivity index (χ0v) is 18.7. The smallest absolute Gasteiger partial charge is 0.408 e. The number of nitro benzene ring substituents is 1. The summed E-state index contributed by atoms with van der Waals surface area (Å²) >= 11 is 0. The lowest BCUT2D eigenvalue weighted by Crippen LogP contribution is -2.58. The van der Waals surface area contributed by atoms with E-state index in [4.69, 9.17) is 9.15 Å². The zero-order chi connectivity index (χ0) is 23.5. The molecule has 0 bridgehead atoms. The lowest BCUT2D eigenvalue weighted by molar-refractivity contribution is -0.384. The number of likely N-dealkylation sites (tertiary alicyclic amines) is 1. The lowest BCUT2D eigenvalue weighted by Gasteiger charge is -2.42. The second kappa shape index (κ2) is 9.21. The first-order valence-corrected chi connectivity index (χ1v) is 10.5. The first-order chi connectivity index (χ1) is 15.0. The van der Waals surface area contributed by atoms with Gasteiger partial charge in [0.1, 0.15) is 5.60 Å². The number of aliphatic hydroxyl groups excluding tert-OH is 1. The predicted molar refractivity (Wildman–Crippen MR) is 115 cm³/mol. The van der Waals surface area contributed by atoms with E-state index < -0.39 is 22.2 Å². The second-order valence-corrected chi connectivity index (χ2v) is 9.03. The standard InChI is InChI=1S/C21H29N5O6/c1-14(17-23-24-18(31-17)15-5-7-16(8-6-15)26(29)30)25-11-9-21(13-27,10-12-25)22-19(28)32-20(2,3)4/h5-8,14,27H,9-13H2,1-4H3,(H,22,28)/t14-/m1/s1. The van der Waals surface area contributed by atoms with Crippen molar-refractivity contribution in [3.8, 4) is 11.5 Å². The molecule has 3 rings (SSSR count). The number of rotatable bonds is 6. The van der Waals surface area contributed by atoms with Crippen LogP contribution in [0.25, 0.3) is 11.5 Å². The van der Waals surface area contributed by atoms with Crippen LogP contribution in [0.4, 0.5) is 10.5 Å². The fraction of sp³-hybridized carbons (Fsp3) is 0.571. The summed E-state index contributed by atoms with van der Waals surface area (Å²) in [5, 5.41) is 31.8.